The van der Waals surface area contributed by atoms with Gasteiger partial charge in [0.25, 0.3) is 0 Å². The molecule has 5 unspecified atom stereocenters. The van der Waals surface area contributed by atoms with Gasteiger partial charge < -0.3 is 5.11 Å². The molecule has 0 bridgehead atoms. The van der Waals surface area contributed by atoms with Gasteiger partial charge in [0.15, 0.2) is 0 Å². The Hall–Kier alpha value is -0.580. The number of hydrogen-bond acceptors (Lipinski definition) is 3. The van der Waals surface area contributed by atoms with E-state index in [4.69, 9.17) is 0 Å². The second-order valence-electron chi connectivity index (χ2n) is 6.91. The molecular formula is C15H26O4S. The van der Waals surface area contributed by atoms with Crippen molar-refractivity contribution < 1.29 is 18.3 Å². The van der Waals surface area contributed by atoms with E-state index in [0.29, 0.717) is 12.3 Å². The molecule has 2 fully saturated rings. The Morgan fingerprint density at radius 2 is 1.80 bits per heavy atom. The van der Waals surface area contributed by atoms with Crippen LogP contribution in [0.5, 0.6) is 0 Å². The molecule has 116 valence electrons. The van der Waals surface area contributed by atoms with Gasteiger partial charge in [-0.25, -0.2) is 8.42 Å². The molecule has 4 nitrogen and oxygen atoms in total. The van der Waals surface area contributed by atoms with E-state index in [9.17, 15) is 18.3 Å². The standard InChI is InChI=1S/C15H26O4S/c1-10-6-7-13(15(16)17)14(8-10)11-4-3-5-12(9-11)20(2,18)19/h10-14H,3-9H2,1-2H3,(H,16,17). The van der Waals surface area contributed by atoms with Crippen LogP contribution < -0.4 is 0 Å². The smallest absolute Gasteiger partial charge is 0.306 e. The van der Waals surface area contributed by atoms with Crippen LogP contribution in [0.4, 0.5) is 0 Å². The van der Waals surface area contributed by atoms with E-state index >= 15 is 0 Å². The molecule has 2 rings (SSSR count). The molecule has 5 atom stereocenters. The van der Waals surface area contributed by atoms with Gasteiger partial charge in [0, 0.05) is 6.26 Å². The average Bonchev–Trinajstić information content (AvgIpc) is 2.37. The molecule has 0 heterocycles. The Kier molecular flexibility index (Phi) is 4.77. The van der Waals surface area contributed by atoms with Crippen LogP contribution in [0.25, 0.3) is 0 Å². The van der Waals surface area contributed by atoms with Crippen LogP contribution in [-0.2, 0) is 14.6 Å². The third-order valence-electron chi connectivity index (χ3n) is 5.36. The van der Waals surface area contributed by atoms with Crippen molar-refractivity contribution in [3.05, 3.63) is 0 Å². The number of aliphatic carboxylic acids is 1. The third-order valence-corrected chi connectivity index (χ3v) is 7.00. The Morgan fingerprint density at radius 1 is 1.10 bits per heavy atom. The summed E-state index contributed by atoms with van der Waals surface area (Å²) in [5.74, 6) is 0.0419. The predicted octanol–water partition coefficient (Wildman–Crippen LogP) is 2.73. The number of sulfone groups is 1. The van der Waals surface area contributed by atoms with Crippen molar-refractivity contribution in [1.29, 1.82) is 0 Å². The van der Waals surface area contributed by atoms with Gasteiger partial charge in [0.1, 0.15) is 9.84 Å². The minimum Gasteiger partial charge on any atom is -0.481 e. The molecule has 0 aromatic heterocycles. The largest absolute Gasteiger partial charge is 0.481 e. The molecule has 0 aromatic rings. The summed E-state index contributed by atoms with van der Waals surface area (Å²) in [6.45, 7) is 2.18. The summed E-state index contributed by atoms with van der Waals surface area (Å²) in [6.07, 6.45) is 7.31. The lowest BCUT2D eigenvalue weighted by Crippen LogP contribution is -2.39. The van der Waals surface area contributed by atoms with Crippen molar-refractivity contribution in [1.82, 2.24) is 0 Å². The lowest BCUT2D eigenvalue weighted by atomic mass is 9.65. The van der Waals surface area contributed by atoms with Crippen LogP contribution in [0.15, 0.2) is 0 Å². The van der Waals surface area contributed by atoms with Crippen molar-refractivity contribution in [2.75, 3.05) is 6.26 Å². The Labute approximate surface area is 121 Å². The van der Waals surface area contributed by atoms with Gasteiger partial charge in [0.2, 0.25) is 0 Å². The number of carbonyl (C=O) groups is 1. The second-order valence-corrected chi connectivity index (χ2v) is 9.23. The van der Waals surface area contributed by atoms with Gasteiger partial charge in [-0.1, -0.05) is 19.8 Å². The van der Waals surface area contributed by atoms with Gasteiger partial charge in [0.05, 0.1) is 11.2 Å². The quantitative estimate of drug-likeness (QED) is 0.870. The highest BCUT2D eigenvalue weighted by molar-refractivity contribution is 7.91. The average molecular weight is 302 g/mol. The first-order valence-corrected chi connectivity index (χ1v) is 9.66. The summed E-state index contributed by atoms with van der Waals surface area (Å²) in [6, 6.07) is 0. The summed E-state index contributed by atoms with van der Waals surface area (Å²) in [4.78, 5) is 11.5. The molecule has 0 amide bonds. The summed E-state index contributed by atoms with van der Waals surface area (Å²) in [5, 5.41) is 9.18. The zero-order chi connectivity index (χ0) is 14.9. The molecular weight excluding hydrogens is 276 g/mol. The first kappa shape index (κ1) is 15.8. The van der Waals surface area contributed by atoms with E-state index in [0.717, 1.165) is 38.5 Å². The highest BCUT2D eigenvalue weighted by Gasteiger charge is 2.41. The van der Waals surface area contributed by atoms with Crippen molar-refractivity contribution in [3.63, 3.8) is 0 Å². The summed E-state index contributed by atoms with van der Waals surface area (Å²) >= 11 is 0. The van der Waals surface area contributed by atoms with Crippen LogP contribution in [0, 0.1) is 23.7 Å². The number of rotatable bonds is 3. The van der Waals surface area contributed by atoms with Crippen LogP contribution in [0.1, 0.15) is 51.9 Å². The minimum absolute atomic E-state index is 0.167. The molecule has 0 saturated heterocycles. The monoisotopic (exact) mass is 302 g/mol. The molecule has 5 heteroatoms. The van der Waals surface area contributed by atoms with E-state index in [-0.39, 0.29) is 23.0 Å². The number of hydrogen-bond donors (Lipinski definition) is 1. The summed E-state index contributed by atoms with van der Waals surface area (Å²) < 4.78 is 23.6. The van der Waals surface area contributed by atoms with E-state index in [1.54, 1.807) is 0 Å². The normalized spacial score (nSPS) is 39.4. The fourth-order valence-corrected chi connectivity index (χ4v) is 5.40. The number of carboxylic acid groups (broad SMARTS) is 1. The molecule has 0 aliphatic heterocycles. The van der Waals surface area contributed by atoms with Gasteiger partial charge in [-0.15, -0.1) is 0 Å². The molecule has 0 spiro atoms. The molecule has 20 heavy (non-hydrogen) atoms. The van der Waals surface area contributed by atoms with Gasteiger partial charge >= 0.3 is 5.97 Å². The molecule has 1 N–H and O–H groups in total. The van der Waals surface area contributed by atoms with E-state index in [1.165, 1.54) is 6.26 Å². The van der Waals surface area contributed by atoms with Crippen LogP contribution in [0.2, 0.25) is 0 Å². The maximum atomic E-state index is 11.8. The van der Waals surface area contributed by atoms with Crippen LogP contribution in [0.3, 0.4) is 0 Å². The lowest BCUT2D eigenvalue weighted by Gasteiger charge is -2.41. The summed E-state index contributed by atoms with van der Waals surface area (Å²) in [7, 11) is -3.00. The molecule has 2 saturated carbocycles. The summed E-state index contributed by atoms with van der Waals surface area (Å²) in [5.41, 5.74) is 0. The second kappa shape index (κ2) is 6.04. The fraction of sp³-hybridized carbons (Fsp3) is 0.933. The SMILES string of the molecule is CC1CCC(C(=O)O)C(C2CCCC(S(C)(=O)=O)C2)C1. The molecule has 0 radical (unpaired) electrons. The van der Waals surface area contributed by atoms with Gasteiger partial charge in [-0.2, -0.15) is 0 Å². The first-order chi connectivity index (χ1) is 9.29. The zero-order valence-electron chi connectivity index (χ0n) is 12.4. The highest BCUT2D eigenvalue weighted by atomic mass is 32.2. The highest BCUT2D eigenvalue weighted by Crippen LogP contribution is 2.44. The van der Waals surface area contributed by atoms with Crippen LogP contribution in [-0.4, -0.2) is 31.0 Å². The Balaban J connectivity index is 2.13. The Morgan fingerprint density at radius 3 is 2.40 bits per heavy atom. The third kappa shape index (κ3) is 3.54. The molecule has 0 aromatic carbocycles. The molecule has 2 aliphatic rings. The fourth-order valence-electron chi connectivity index (χ4n) is 4.21. The van der Waals surface area contributed by atoms with Gasteiger partial charge in [-0.3, -0.25) is 4.79 Å². The van der Waals surface area contributed by atoms with Gasteiger partial charge in [-0.05, 0) is 49.9 Å². The Bertz CT molecular complexity index is 456. The maximum Gasteiger partial charge on any atom is 0.306 e. The van der Waals surface area contributed by atoms with Crippen molar-refractivity contribution >= 4 is 15.8 Å². The molecule has 2 aliphatic carbocycles. The lowest BCUT2D eigenvalue weighted by molar-refractivity contribution is -0.146. The van der Waals surface area contributed by atoms with E-state index in [2.05, 4.69) is 6.92 Å². The van der Waals surface area contributed by atoms with Crippen molar-refractivity contribution in [2.24, 2.45) is 23.7 Å². The number of carboxylic acids is 1. The van der Waals surface area contributed by atoms with Crippen molar-refractivity contribution in [3.8, 4) is 0 Å². The predicted molar refractivity (Wildman–Crippen MR) is 78.2 cm³/mol. The maximum absolute atomic E-state index is 11.8. The minimum atomic E-state index is -3.00. The van der Waals surface area contributed by atoms with Crippen molar-refractivity contribution in [2.45, 2.75) is 57.1 Å². The zero-order valence-corrected chi connectivity index (χ0v) is 13.2. The first-order valence-electron chi connectivity index (χ1n) is 7.70. The van der Waals surface area contributed by atoms with Crippen LogP contribution >= 0.6 is 0 Å². The van der Waals surface area contributed by atoms with E-state index < -0.39 is 15.8 Å². The topological polar surface area (TPSA) is 71.4 Å². The van der Waals surface area contributed by atoms with E-state index in [1.807, 2.05) is 0 Å².